The van der Waals surface area contributed by atoms with Crippen LogP contribution in [0, 0.1) is 6.92 Å². The number of imidazole rings is 1. The number of allylic oxidation sites excluding steroid dienone is 1. The lowest BCUT2D eigenvalue weighted by Gasteiger charge is -2.13. The third-order valence-electron chi connectivity index (χ3n) is 8.62. The minimum atomic E-state index is -3.82. The molecule has 2 heterocycles. The van der Waals surface area contributed by atoms with Crippen molar-refractivity contribution in [2.45, 2.75) is 31.5 Å². The Morgan fingerprint density at radius 2 is 1.61 bits per heavy atom. The molecule has 5 aromatic rings. The van der Waals surface area contributed by atoms with Gasteiger partial charge in [-0.2, -0.15) is 0 Å². The van der Waals surface area contributed by atoms with E-state index < -0.39 is 33.5 Å². The molecule has 0 aliphatic rings. The highest BCUT2D eigenvalue weighted by Crippen LogP contribution is 2.37. The highest BCUT2D eigenvalue weighted by Gasteiger charge is 2.22. The number of anilines is 1. The molecule has 0 spiro atoms. The number of carboxylic acid groups (broad SMARTS) is 1. The summed E-state index contributed by atoms with van der Waals surface area (Å²) in [6.07, 6.45) is -0.199. The van der Waals surface area contributed by atoms with Crippen LogP contribution in [0.15, 0.2) is 92.5 Å². The predicted molar refractivity (Wildman–Crippen MR) is 200 cm³/mol. The fourth-order valence-electron chi connectivity index (χ4n) is 6.09. The monoisotopic (exact) mass is 758 g/mol. The zero-order valence-corrected chi connectivity index (χ0v) is 30.2. The van der Waals surface area contributed by atoms with Crippen LogP contribution in [0.3, 0.4) is 0 Å². The number of hydrogen-bond acceptors (Lipinski definition) is 7. The lowest BCUT2D eigenvalue weighted by molar-refractivity contribution is 0.102. The molecular formula is C34H35FN12O6S. The Hall–Kier alpha value is -6.59. The summed E-state index contributed by atoms with van der Waals surface area (Å²) in [4.78, 5) is 43.4. The minimum absolute atomic E-state index is 0.00718. The second-order valence-electron chi connectivity index (χ2n) is 12.1. The molecule has 0 atom stereocenters. The predicted octanol–water partition coefficient (Wildman–Crippen LogP) is 5.98. The fraction of sp³-hybridized carbons (Fsp3) is 0.265. The van der Waals surface area contributed by atoms with Gasteiger partial charge in [0.15, 0.2) is 0 Å². The number of nitrogens with one attached hydrogen (secondary N) is 2. The van der Waals surface area contributed by atoms with Gasteiger partial charge in [-0.05, 0) is 78.2 Å². The van der Waals surface area contributed by atoms with E-state index in [1.807, 2.05) is 0 Å². The molecule has 0 radical (unpaired) electrons. The molecule has 0 saturated carbocycles. The number of carbonyl (C=O) groups is 2. The Kier molecular flexibility index (Phi) is 11.7. The average Bonchev–Trinajstić information content (AvgIpc) is 3.56. The van der Waals surface area contributed by atoms with Gasteiger partial charge in [0.05, 0.1) is 22.5 Å². The van der Waals surface area contributed by atoms with Crippen molar-refractivity contribution in [3.8, 4) is 11.1 Å². The number of carbonyl (C=O) groups excluding carboxylic acids is 1. The molecule has 0 unspecified atom stereocenters. The van der Waals surface area contributed by atoms with Crippen LogP contribution in [0.1, 0.15) is 16.1 Å². The van der Waals surface area contributed by atoms with Gasteiger partial charge in [-0.25, -0.2) is 26.7 Å². The lowest BCUT2D eigenvalue weighted by Crippen LogP contribution is -2.26. The molecule has 280 valence electrons. The van der Waals surface area contributed by atoms with Crippen molar-refractivity contribution in [2.24, 2.45) is 10.2 Å². The second kappa shape index (κ2) is 16.4. The Morgan fingerprint density at radius 1 is 0.944 bits per heavy atom. The summed E-state index contributed by atoms with van der Waals surface area (Å²) in [6, 6.07) is 15.9. The largest absolute Gasteiger partial charge is 0.465 e. The first-order valence-corrected chi connectivity index (χ1v) is 17.8. The Morgan fingerprint density at radius 3 is 2.26 bits per heavy atom. The number of benzene rings is 3. The molecule has 0 saturated heterocycles. The summed E-state index contributed by atoms with van der Waals surface area (Å²) in [5, 5.41) is 21.4. The van der Waals surface area contributed by atoms with E-state index in [0.29, 0.717) is 44.4 Å². The van der Waals surface area contributed by atoms with Gasteiger partial charge in [0, 0.05) is 90.1 Å². The maximum Gasteiger partial charge on any atom is 0.404 e. The summed E-state index contributed by atoms with van der Waals surface area (Å²) < 4.78 is 46.8. The van der Waals surface area contributed by atoms with E-state index in [0.717, 1.165) is 10.4 Å². The van der Waals surface area contributed by atoms with Gasteiger partial charge in [0.25, 0.3) is 5.91 Å². The van der Waals surface area contributed by atoms with Crippen molar-refractivity contribution in [3.05, 3.63) is 115 Å². The lowest BCUT2D eigenvalue weighted by atomic mass is 10.0. The van der Waals surface area contributed by atoms with E-state index >= 15 is 4.39 Å². The van der Waals surface area contributed by atoms with Gasteiger partial charge in [-0.1, -0.05) is 22.4 Å². The minimum Gasteiger partial charge on any atom is -0.465 e. The normalized spacial score (nSPS) is 11.8. The summed E-state index contributed by atoms with van der Waals surface area (Å²) in [5.41, 5.74) is 20.7. The van der Waals surface area contributed by atoms with Gasteiger partial charge in [0.2, 0.25) is 10.0 Å². The van der Waals surface area contributed by atoms with Crippen LogP contribution in [0.5, 0.6) is 0 Å². The van der Waals surface area contributed by atoms with Crippen LogP contribution in [-0.4, -0.2) is 77.3 Å². The van der Waals surface area contributed by atoms with E-state index in [1.54, 1.807) is 60.0 Å². The Labute approximate surface area is 307 Å². The van der Waals surface area contributed by atoms with Gasteiger partial charge in [0.1, 0.15) is 5.83 Å². The summed E-state index contributed by atoms with van der Waals surface area (Å²) >= 11 is 0. The zero-order valence-electron chi connectivity index (χ0n) is 29.3. The number of azide groups is 2. The number of amides is 2. The number of nitrogens with zero attached hydrogens (tertiary/aromatic N) is 10. The van der Waals surface area contributed by atoms with Crippen LogP contribution in [0.4, 0.5) is 14.9 Å². The molecule has 0 aliphatic carbocycles. The van der Waals surface area contributed by atoms with Crippen LogP contribution in [0.2, 0.25) is 0 Å². The molecule has 5 rings (SSSR count). The molecule has 3 N–H and O–H groups in total. The molecule has 0 bridgehead atoms. The Bertz CT molecular complexity index is 2580. The molecule has 20 heteroatoms. The Balaban J connectivity index is 1.58. The fourth-order valence-corrected chi connectivity index (χ4v) is 7.04. The molecule has 18 nitrogen and oxygen atoms in total. The summed E-state index contributed by atoms with van der Waals surface area (Å²) in [5.74, 6) is -1.14. The van der Waals surface area contributed by atoms with Gasteiger partial charge < -0.3 is 20.3 Å². The topological polar surface area (TPSA) is 245 Å². The third kappa shape index (κ3) is 8.06. The van der Waals surface area contributed by atoms with E-state index in [2.05, 4.69) is 30.7 Å². The second-order valence-corrected chi connectivity index (χ2v) is 14.2. The van der Waals surface area contributed by atoms with E-state index in [4.69, 9.17) is 16.2 Å². The van der Waals surface area contributed by atoms with E-state index in [9.17, 15) is 22.8 Å². The van der Waals surface area contributed by atoms with Crippen LogP contribution < -0.4 is 16.3 Å². The molecule has 0 fully saturated rings. The maximum atomic E-state index is 15.1. The van der Waals surface area contributed by atoms with Crippen molar-refractivity contribution in [1.29, 1.82) is 0 Å². The maximum absolute atomic E-state index is 15.1. The molecule has 3 aromatic carbocycles. The summed E-state index contributed by atoms with van der Waals surface area (Å²) in [6.45, 7) is 1.39. The number of hydrogen-bond donors (Lipinski definition) is 3. The van der Waals surface area contributed by atoms with Gasteiger partial charge >= 0.3 is 11.8 Å². The summed E-state index contributed by atoms with van der Waals surface area (Å²) in [7, 11) is -0.983. The van der Waals surface area contributed by atoms with Crippen LogP contribution in [-0.2, 0) is 29.7 Å². The van der Waals surface area contributed by atoms with E-state index in [-0.39, 0.29) is 49.7 Å². The van der Waals surface area contributed by atoms with Gasteiger partial charge in [-0.3, -0.25) is 13.9 Å². The standard InChI is InChI=1S/C34H35FN12O6S/c1-21-31(22-5-4-6-26(17-22)54(52,53)44(2)3)27-18-23(7-9-28(27)47(21)20-24(35)11-12-38-33(49)50)32(48)41-25-8-10-29-30(19-25)46(16-14-40-43-37)34(51)45(29)15-13-39-42-36/h4-11,17-19,38H,12-16,20H2,1-3H3,(H,41,48)(H,49,50)/b24-11-. The quantitative estimate of drug-likeness (QED) is 0.0658. The molecule has 2 aromatic heterocycles. The highest BCUT2D eigenvalue weighted by atomic mass is 32.2. The first-order chi connectivity index (χ1) is 25.8. The number of fused-ring (bicyclic) bond motifs is 2. The van der Waals surface area contributed by atoms with Gasteiger partial charge in [-0.15, -0.1) is 0 Å². The van der Waals surface area contributed by atoms with Crippen molar-refractivity contribution in [2.75, 3.05) is 39.0 Å². The van der Waals surface area contributed by atoms with Crippen molar-refractivity contribution >= 4 is 49.6 Å². The molecular weight excluding hydrogens is 724 g/mol. The first-order valence-electron chi connectivity index (χ1n) is 16.3. The van der Waals surface area contributed by atoms with Crippen LogP contribution in [0.25, 0.3) is 53.9 Å². The zero-order chi connectivity index (χ0) is 39.2. The number of sulfonamides is 1. The van der Waals surface area contributed by atoms with Crippen LogP contribution >= 0.6 is 0 Å². The van der Waals surface area contributed by atoms with E-state index in [1.165, 1.54) is 35.4 Å². The third-order valence-corrected chi connectivity index (χ3v) is 10.4. The number of aromatic nitrogens is 3. The molecule has 2 amide bonds. The SMILES string of the molecule is Cc1c(-c2cccc(S(=O)(=O)N(C)C)c2)c2cc(C(=O)Nc3ccc4c(c3)n(CCN=[N+]=[N-])c(=O)n4CCN=[N+]=[N-])ccc2n1C/C(F)=C/CNC(=O)O. The van der Waals surface area contributed by atoms with Crippen molar-refractivity contribution in [1.82, 2.24) is 23.3 Å². The first kappa shape index (κ1) is 38.6. The average molecular weight is 759 g/mol. The van der Waals surface area contributed by atoms with Crippen molar-refractivity contribution < 1.29 is 27.5 Å². The van der Waals surface area contributed by atoms with Crippen molar-refractivity contribution in [3.63, 3.8) is 0 Å². The molecule has 0 aliphatic heterocycles. The number of halogens is 1. The number of rotatable bonds is 15. The highest BCUT2D eigenvalue weighted by molar-refractivity contribution is 7.89. The molecule has 54 heavy (non-hydrogen) atoms. The smallest absolute Gasteiger partial charge is 0.404 e.